The van der Waals surface area contributed by atoms with E-state index in [0.29, 0.717) is 5.75 Å². The minimum Gasteiger partial charge on any atom is -0.426 e. The molecule has 0 spiro atoms. The Bertz CT molecular complexity index is 442. The molecule has 4 heteroatoms. The van der Waals surface area contributed by atoms with Crippen molar-refractivity contribution in [3.63, 3.8) is 0 Å². The predicted molar refractivity (Wildman–Crippen MR) is 51.7 cm³/mol. The predicted octanol–water partition coefficient (Wildman–Crippen LogP) is 1.74. The number of nitriles is 2. The van der Waals surface area contributed by atoms with Gasteiger partial charge in [-0.05, 0) is 13.0 Å². The summed E-state index contributed by atoms with van der Waals surface area (Å²) in [6.07, 6.45) is 0. The smallest absolute Gasteiger partial charge is 0.318 e. The van der Waals surface area contributed by atoms with Crippen molar-refractivity contribution in [1.82, 2.24) is 0 Å². The standard InChI is InChI=1S/C9H8O2.C2N2/c1-6-7-4-2-3-5-8(7)11-9(6)10;3-1-2-4/h2-6H,1H3;. The van der Waals surface area contributed by atoms with Crippen molar-refractivity contribution in [3.8, 4) is 17.9 Å². The lowest BCUT2D eigenvalue weighted by atomic mass is 10.0. The maximum Gasteiger partial charge on any atom is 0.318 e. The maximum atomic E-state index is 11.0. The van der Waals surface area contributed by atoms with E-state index in [1.165, 1.54) is 12.1 Å². The first kappa shape index (κ1) is 10.7. The Morgan fingerprint density at radius 3 is 2.40 bits per heavy atom. The van der Waals surface area contributed by atoms with Crippen LogP contribution in [0.4, 0.5) is 0 Å². The van der Waals surface area contributed by atoms with Crippen molar-refractivity contribution in [2.75, 3.05) is 0 Å². The van der Waals surface area contributed by atoms with E-state index in [4.69, 9.17) is 15.3 Å². The van der Waals surface area contributed by atoms with E-state index in [2.05, 4.69) is 0 Å². The number of carbonyl (C=O) groups excluding carboxylic acids is 1. The second-order valence-electron chi connectivity index (χ2n) is 2.90. The number of para-hydroxylation sites is 1. The van der Waals surface area contributed by atoms with Crippen LogP contribution in [0.15, 0.2) is 24.3 Å². The van der Waals surface area contributed by atoms with Crippen LogP contribution in [-0.2, 0) is 4.79 Å². The lowest BCUT2D eigenvalue weighted by Crippen LogP contribution is -2.05. The summed E-state index contributed by atoms with van der Waals surface area (Å²) in [7, 11) is 0. The van der Waals surface area contributed by atoms with Crippen molar-refractivity contribution >= 4 is 5.97 Å². The summed E-state index contributed by atoms with van der Waals surface area (Å²) in [5.74, 6) is 0.474. The SMILES string of the molecule is CC1C(=O)Oc2ccccc21.N#CC#N. The highest BCUT2D eigenvalue weighted by Crippen LogP contribution is 2.33. The number of hydrogen-bond donors (Lipinski definition) is 0. The highest BCUT2D eigenvalue weighted by molar-refractivity contribution is 5.85. The molecule has 1 aromatic carbocycles. The van der Waals surface area contributed by atoms with Crippen molar-refractivity contribution in [2.24, 2.45) is 0 Å². The first-order valence-electron chi connectivity index (χ1n) is 4.29. The molecule has 4 nitrogen and oxygen atoms in total. The van der Waals surface area contributed by atoms with E-state index < -0.39 is 0 Å². The third-order valence-electron chi connectivity index (χ3n) is 2.00. The quantitative estimate of drug-likeness (QED) is 0.472. The highest BCUT2D eigenvalue weighted by atomic mass is 16.5. The van der Waals surface area contributed by atoms with Gasteiger partial charge < -0.3 is 4.74 Å². The van der Waals surface area contributed by atoms with Crippen molar-refractivity contribution in [3.05, 3.63) is 29.8 Å². The Balaban J connectivity index is 0.000000245. The molecule has 1 unspecified atom stereocenters. The molecule has 0 amide bonds. The third kappa shape index (κ3) is 2.32. The minimum atomic E-state index is -0.147. The van der Waals surface area contributed by atoms with Crippen LogP contribution in [0.3, 0.4) is 0 Å². The van der Waals surface area contributed by atoms with Crippen LogP contribution in [-0.4, -0.2) is 5.97 Å². The third-order valence-corrected chi connectivity index (χ3v) is 2.00. The fraction of sp³-hybridized carbons (Fsp3) is 0.182. The summed E-state index contributed by atoms with van der Waals surface area (Å²) >= 11 is 0. The molecule has 0 saturated heterocycles. The number of carbonyl (C=O) groups is 1. The van der Waals surface area contributed by atoms with Crippen molar-refractivity contribution in [1.29, 1.82) is 10.5 Å². The molecule has 0 aromatic heterocycles. The number of benzene rings is 1. The van der Waals surface area contributed by atoms with E-state index in [9.17, 15) is 4.79 Å². The van der Waals surface area contributed by atoms with Crippen LogP contribution in [0.25, 0.3) is 0 Å². The average Bonchev–Trinajstić information content (AvgIpc) is 2.56. The van der Waals surface area contributed by atoms with Crippen LogP contribution in [0.1, 0.15) is 18.4 Å². The van der Waals surface area contributed by atoms with Crippen LogP contribution < -0.4 is 4.74 Å². The van der Waals surface area contributed by atoms with Gasteiger partial charge in [0.2, 0.25) is 0 Å². The number of rotatable bonds is 0. The van der Waals surface area contributed by atoms with Gasteiger partial charge in [-0.25, -0.2) is 0 Å². The molecule has 1 aromatic rings. The number of fused-ring (bicyclic) bond motifs is 1. The summed E-state index contributed by atoms with van der Waals surface area (Å²) in [6.45, 7) is 1.86. The van der Waals surface area contributed by atoms with Gasteiger partial charge in [0.05, 0.1) is 5.92 Å². The second kappa shape index (κ2) is 4.78. The molecule has 1 aliphatic rings. The molecule has 1 heterocycles. The van der Waals surface area contributed by atoms with E-state index in [0.717, 1.165) is 5.56 Å². The maximum absolute atomic E-state index is 11.0. The highest BCUT2D eigenvalue weighted by Gasteiger charge is 2.28. The Morgan fingerprint density at radius 2 is 1.87 bits per heavy atom. The first-order valence-corrected chi connectivity index (χ1v) is 4.29. The Hall–Kier alpha value is -2.33. The van der Waals surface area contributed by atoms with Gasteiger partial charge in [-0.3, -0.25) is 4.79 Å². The summed E-state index contributed by atoms with van der Waals surface area (Å²) in [4.78, 5) is 11.0. The molecule has 1 aliphatic heterocycles. The fourth-order valence-electron chi connectivity index (χ4n) is 1.25. The molecule has 15 heavy (non-hydrogen) atoms. The molecule has 74 valence electrons. The van der Waals surface area contributed by atoms with E-state index in [-0.39, 0.29) is 11.9 Å². The van der Waals surface area contributed by atoms with Crippen molar-refractivity contribution in [2.45, 2.75) is 12.8 Å². The average molecular weight is 200 g/mol. The Labute approximate surface area is 87.3 Å². The van der Waals surface area contributed by atoms with Crippen LogP contribution in [0, 0.1) is 22.7 Å². The summed E-state index contributed by atoms with van der Waals surface area (Å²) in [5, 5.41) is 14.5. The lowest BCUT2D eigenvalue weighted by molar-refractivity contribution is -0.133. The monoisotopic (exact) mass is 200 g/mol. The normalized spacial score (nSPS) is 16.2. The minimum absolute atomic E-state index is 0.0915. The van der Waals surface area contributed by atoms with E-state index in [1.54, 1.807) is 0 Å². The molecule has 0 saturated carbocycles. The molecule has 0 N–H and O–H groups in total. The Kier molecular flexibility index (Phi) is 3.43. The fourth-order valence-corrected chi connectivity index (χ4v) is 1.25. The molecule has 2 rings (SSSR count). The number of esters is 1. The molecule has 0 aliphatic carbocycles. The number of nitrogens with zero attached hydrogens (tertiary/aromatic N) is 2. The summed E-state index contributed by atoms with van der Waals surface area (Å²) in [6, 6.07) is 9.99. The molecule has 0 bridgehead atoms. The molecule has 1 atom stereocenters. The van der Waals surface area contributed by atoms with Gasteiger partial charge in [-0.1, -0.05) is 18.2 Å². The summed E-state index contributed by atoms with van der Waals surface area (Å²) in [5.41, 5.74) is 0.998. The number of ether oxygens (including phenoxy) is 1. The molecule has 0 radical (unpaired) electrons. The lowest BCUT2D eigenvalue weighted by Gasteiger charge is -1.94. The molecule has 0 fully saturated rings. The zero-order valence-electron chi connectivity index (χ0n) is 8.10. The molecular weight excluding hydrogens is 192 g/mol. The zero-order chi connectivity index (χ0) is 11.3. The van der Waals surface area contributed by atoms with Gasteiger partial charge in [-0.2, -0.15) is 10.5 Å². The zero-order valence-corrected chi connectivity index (χ0v) is 8.10. The second-order valence-corrected chi connectivity index (χ2v) is 2.90. The Morgan fingerprint density at radius 1 is 1.27 bits per heavy atom. The van der Waals surface area contributed by atoms with E-state index >= 15 is 0 Å². The van der Waals surface area contributed by atoms with Gasteiger partial charge in [0, 0.05) is 5.56 Å². The molecular formula is C11H8N2O2. The summed E-state index contributed by atoms with van der Waals surface area (Å²) < 4.78 is 4.98. The van der Waals surface area contributed by atoms with Gasteiger partial charge in [0.25, 0.3) is 0 Å². The topological polar surface area (TPSA) is 73.9 Å². The van der Waals surface area contributed by atoms with E-state index in [1.807, 2.05) is 31.2 Å². The van der Waals surface area contributed by atoms with Crippen LogP contribution in [0.2, 0.25) is 0 Å². The van der Waals surface area contributed by atoms with Gasteiger partial charge >= 0.3 is 5.97 Å². The van der Waals surface area contributed by atoms with Crippen LogP contribution in [0.5, 0.6) is 5.75 Å². The largest absolute Gasteiger partial charge is 0.426 e. The van der Waals surface area contributed by atoms with Crippen LogP contribution >= 0.6 is 0 Å². The van der Waals surface area contributed by atoms with Gasteiger partial charge in [-0.15, -0.1) is 0 Å². The van der Waals surface area contributed by atoms with Crippen molar-refractivity contribution < 1.29 is 9.53 Å². The van der Waals surface area contributed by atoms with Gasteiger partial charge in [0.1, 0.15) is 5.75 Å². The van der Waals surface area contributed by atoms with Gasteiger partial charge in [0.15, 0.2) is 12.1 Å². The first-order chi connectivity index (χ1) is 7.20. The number of hydrogen-bond acceptors (Lipinski definition) is 4.